The molecule has 0 saturated heterocycles. The number of phosphoric ester groups is 2. The zero-order valence-corrected chi connectivity index (χ0v) is 64.5. The maximum Gasteiger partial charge on any atom is 0.472 e. The summed E-state index contributed by atoms with van der Waals surface area (Å²) in [6, 6.07) is 0. The lowest BCUT2D eigenvalue weighted by Gasteiger charge is -2.21. The number of carbonyl (C=O) groups is 4. The van der Waals surface area contributed by atoms with Crippen molar-refractivity contribution < 1.29 is 80.2 Å². The van der Waals surface area contributed by atoms with Gasteiger partial charge in [-0.1, -0.05) is 350 Å². The van der Waals surface area contributed by atoms with Crippen molar-refractivity contribution in [3.63, 3.8) is 0 Å². The number of carbonyl (C=O) groups excluding carboxylic acids is 4. The molecule has 0 aliphatic carbocycles. The minimum atomic E-state index is -4.96. The van der Waals surface area contributed by atoms with Crippen LogP contribution in [0.5, 0.6) is 0 Å². The maximum absolute atomic E-state index is 13.1. The molecular weight excluding hydrogens is 1260 g/mol. The first-order chi connectivity index (χ1) is 46.4. The number of ether oxygens (including phenoxy) is 4. The third kappa shape index (κ3) is 69.2. The number of hydrogen-bond donors (Lipinski definition) is 3. The number of esters is 4. The highest BCUT2D eigenvalue weighted by atomic mass is 31.2. The van der Waals surface area contributed by atoms with Gasteiger partial charge in [0.05, 0.1) is 26.4 Å². The molecule has 6 atom stereocenters. The van der Waals surface area contributed by atoms with E-state index in [0.29, 0.717) is 25.7 Å². The molecule has 0 aromatic heterocycles. The standard InChI is InChI=1S/C77H150O17P2/c1-7-10-12-14-16-18-20-22-23-24-25-27-29-37-44-50-56-62-77(82)93-72(65-87-74(79)59-53-47-41-35-31-30-34-40-46-52-58-70(6)9-3)67-91-95(83,84)89-63-71(78)64-90-96(85,86)92-68-73(66-88-75(80)60-54-48-42-38-32-33-39-45-51-57-69(4)5)94-76(81)61-55-49-43-36-28-26-21-19-17-15-13-11-8-2/h69-73,78H,7-68H2,1-6H3,(H,83,84)(H,85,86)/t70?,71-,72-,73-/m1/s1. The summed E-state index contributed by atoms with van der Waals surface area (Å²) in [5.41, 5.74) is 0. The molecule has 0 heterocycles. The van der Waals surface area contributed by atoms with Crippen LogP contribution < -0.4 is 0 Å². The monoisotopic (exact) mass is 1410 g/mol. The van der Waals surface area contributed by atoms with Crippen molar-refractivity contribution in [1.82, 2.24) is 0 Å². The van der Waals surface area contributed by atoms with Gasteiger partial charge < -0.3 is 33.8 Å². The van der Waals surface area contributed by atoms with Gasteiger partial charge in [-0.25, -0.2) is 9.13 Å². The van der Waals surface area contributed by atoms with Gasteiger partial charge in [-0.2, -0.15) is 0 Å². The van der Waals surface area contributed by atoms with Crippen molar-refractivity contribution in [2.75, 3.05) is 39.6 Å². The molecule has 0 aromatic carbocycles. The number of aliphatic hydroxyl groups is 1. The molecule has 0 bridgehead atoms. The van der Waals surface area contributed by atoms with Crippen LogP contribution in [-0.4, -0.2) is 96.7 Å². The van der Waals surface area contributed by atoms with E-state index in [4.69, 9.17) is 37.0 Å². The SMILES string of the molecule is CCCCCCCCCCCCCCCCCCCC(=O)O[C@H](COC(=O)CCCCCCCCCCCCC(C)CC)COP(=O)(O)OC[C@@H](O)COP(=O)(O)OC[C@@H](COC(=O)CCCCCCCCCCCC(C)C)OC(=O)CCCCCCCCCCCCCCC. The van der Waals surface area contributed by atoms with Gasteiger partial charge in [-0.15, -0.1) is 0 Å². The van der Waals surface area contributed by atoms with E-state index in [0.717, 1.165) is 102 Å². The van der Waals surface area contributed by atoms with Crippen molar-refractivity contribution in [2.45, 2.75) is 419 Å². The fraction of sp³-hybridized carbons (Fsp3) is 0.948. The first-order valence-corrected chi connectivity index (χ1v) is 43.0. The lowest BCUT2D eigenvalue weighted by Crippen LogP contribution is -2.30. The molecule has 3 N–H and O–H groups in total. The van der Waals surface area contributed by atoms with Crippen molar-refractivity contribution in [3.05, 3.63) is 0 Å². The topological polar surface area (TPSA) is 237 Å². The Kier molecular flexibility index (Phi) is 67.4. The molecule has 3 unspecified atom stereocenters. The van der Waals surface area contributed by atoms with E-state index in [9.17, 15) is 43.2 Å². The van der Waals surface area contributed by atoms with Crippen LogP contribution >= 0.6 is 15.6 Å². The Morgan fingerprint density at radius 1 is 0.302 bits per heavy atom. The molecule has 0 aliphatic heterocycles. The van der Waals surface area contributed by atoms with Crippen LogP contribution in [0, 0.1) is 11.8 Å². The van der Waals surface area contributed by atoms with Crippen molar-refractivity contribution in [1.29, 1.82) is 0 Å². The Morgan fingerprint density at radius 3 is 0.792 bits per heavy atom. The van der Waals surface area contributed by atoms with E-state index in [2.05, 4.69) is 41.5 Å². The molecule has 0 saturated carbocycles. The normalized spacial score (nSPS) is 14.3. The van der Waals surface area contributed by atoms with E-state index in [-0.39, 0.29) is 25.7 Å². The maximum atomic E-state index is 13.1. The molecule has 96 heavy (non-hydrogen) atoms. The van der Waals surface area contributed by atoms with Gasteiger partial charge in [0.2, 0.25) is 0 Å². The minimum absolute atomic E-state index is 0.107. The molecule has 570 valence electrons. The molecule has 0 rings (SSSR count). The molecule has 0 amide bonds. The highest BCUT2D eigenvalue weighted by Gasteiger charge is 2.30. The molecule has 0 aromatic rings. The largest absolute Gasteiger partial charge is 0.472 e. The second kappa shape index (κ2) is 68.8. The van der Waals surface area contributed by atoms with E-state index in [1.165, 1.54) is 218 Å². The number of hydrogen-bond acceptors (Lipinski definition) is 15. The highest BCUT2D eigenvalue weighted by molar-refractivity contribution is 7.47. The average Bonchev–Trinajstić information content (AvgIpc) is 1.27. The van der Waals surface area contributed by atoms with Gasteiger partial charge in [-0.05, 0) is 37.5 Å². The number of unbranched alkanes of at least 4 members (excludes halogenated alkanes) is 45. The second-order valence-electron chi connectivity index (χ2n) is 28.5. The van der Waals surface area contributed by atoms with E-state index >= 15 is 0 Å². The van der Waals surface area contributed by atoms with Crippen molar-refractivity contribution >= 4 is 39.5 Å². The van der Waals surface area contributed by atoms with Crippen LogP contribution in [0.25, 0.3) is 0 Å². The summed E-state index contributed by atoms with van der Waals surface area (Å²) < 4.78 is 68.6. The van der Waals surface area contributed by atoms with Gasteiger partial charge in [0, 0.05) is 25.7 Å². The summed E-state index contributed by atoms with van der Waals surface area (Å²) in [5.74, 6) is -0.558. The predicted molar refractivity (Wildman–Crippen MR) is 391 cm³/mol. The Morgan fingerprint density at radius 2 is 0.531 bits per heavy atom. The molecule has 0 radical (unpaired) electrons. The van der Waals surface area contributed by atoms with E-state index in [1.807, 2.05) is 0 Å². The van der Waals surface area contributed by atoms with Gasteiger partial charge in [0.25, 0.3) is 0 Å². The first kappa shape index (κ1) is 94.1. The van der Waals surface area contributed by atoms with Crippen molar-refractivity contribution in [3.8, 4) is 0 Å². The third-order valence-electron chi connectivity index (χ3n) is 18.3. The number of aliphatic hydroxyl groups excluding tert-OH is 1. The van der Waals surface area contributed by atoms with Gasteiger partial charge >= 0.3 is 39.5 Å². The zero-order chi connectivity index (χ0) is 70.7. The van der Waals surface area contributed by atoms with Crippen LogP contribution in [0.4, 0.5) is 0 Å². The van der Waals surface area contributed by atoms with Gasteiger partial charge in [0.1, 0.15) is 19.3 Å². The molecule has 0 fully saturated rings. The summed E-state index contributed by atoms with van der Waals surface area (Å²) in [7, 11) is -9.91. The summed E-state index contributed by atoms with van der Waals surface area (Å²) in [6.45, 7) is 9.62. The fourth-order valence-corrected chi connectivity index (χ4v) is 13.4. The number of phosphoric acid groups is 2. The van der Waals surface area contributed by atoms with Gasteiger partial charge in [0.15, 0.2) is 12.2 Å². The Balaban J connectivity index is 5.26. The summed E-state index contributed by atoms with van der Waals surface area (Å²) >= 11 is 0. The second-order valence-corrected chi connectivity index (χ2v) is 31.4. The van der Waals surface area contributed by atoms with Crippen LogP contribution in [0.1, 0.15) is 401 Å². The Bertz CT molecular complexity index is 1860. The lowest BCUT2D eigenvalue weighted by atomic mass is 9.99. The van der Waals surface area contributed by atoms with Crippen molar-refractivity contribution in [2.24, 2.45) is 11.8 Å². The van der Waals surface area contributed by atoms with E-state index < -0.39 is 97.5 Å². The zero-order valence-electron chi connectivity index (χ0n) is 62.7. The Hall–Kier alpha value is -1.94. The summed E-state index contributed by atoms with van der Waals surface area (Å²) in [4.78, 5) is 72.9. The molecule has 17 nitrogen and oxygen atoms in total. The fourth-order valence-electron chi connectivity index (χ4n) is 11.8. The molecule has 0 aliphatic rings. The first-order valence-electron chi connectivity index (χ1n) is 40.0. The average molecular weight is 1410 g/mol. The van der Waals surface area contributed by atoms with E-state index in [1.54, 1.807) is 0 Å². The van der Waals surface area contributed by atoms with Crippen LogP contribution in [0.2, 0.25) is 0 Å². The quantitative estimate of drug-likeness (QED) is 0.0222. The molecular formula is C77H150O17P2. The molecule has 0 spiro atoms. The highest BCUT2D eigenvalue weighted by Crippen LogP contribution is 2.45. The van der Waals surface area contributed by atoms with Crippen LogP contribution in [0.15, 0.2) is 0 Å². The predicted octanol–water partition coefficient (Wildman–Crippen LogP) is 22.7. The van der Waals surface area contributed by atoms with Crippen LogP contribution in [0.3, 0.4) is 0 Å². The van der Waals surface area contributed by atoms with Gasteiger partial charge in [-0.3, -0.25) is 37.3 Å². The van der Waals surface area contributed by atoms with Crippen LogP contribution in [-0.2, 0) is 65.4 Å². The Labute approximate surface area is 588 Å². The summed E-state index contributed by atoms with van der Waals surface area (Å²) in [5, 5.41) is 10.6. The minimum Gasteiger partial charge on any atom is -0.462 e. The third-order valence-corrected chi connectivity index (χ3v) is 20.2. The smallest absolute Gasteiger partial charge is 0.462 e. The number of rotatable bonds is 76. The molecule has 19 heteroatoms. The lowest BCUT2D eigenvalue weighted by molar-refractivity contribution is -0.161. The summed E-state index contributed by atoms with van der Waals surface area (Å²) in [6.07, 6.45) is 56.7.